The van der Waals surface area contributed by atoms with Crippen molar-refractivity contribution in [3.8, 4) is 6.07 Å². The zero-order chi connectivity index (χ0) is 15.4. The number of amides is 2. The minimum Gasteiger partial charge on any atom is -0.395 e. The predicted molar refractivity (Wildman–Crippen MR) is 75.9 cm³/mol. The average molecular weight is 291 g/mol. The molecule has 1 saturated heterocycles. The van der Waals surface area contributed by atoms with Crippen LogP contribution in [0.4, 0.5) is 0 Å². The molecule has 0 saturated carbocycles. The van der Waals surface area contributed by atoms with Gasteiger partial charge in [-0.3, -0.25) is 14.5 Å². The highest BCUT2D eigenvalue weighted by atomic mass is 16.3. The number of carbonyl (C=O) groups excluding carboxylic acids is 2. The third-order valence-electron chi connectivity index (χ3n) is 4.27. The molecule has 0 aliphatic carbocycles. The summed E-state index contributed by atoms with van der Waals surface area (Å²) < 4.78 is 0. The molecule has 2 aliphatic heterocycles. The van der Waals surface area contributed by atoms with Crippen LogP contribution in [0.15, 0.2) is 11.1 Å². The van der Waals surface area contributed by atoms with E-state index in [2.05, 4.69) is 4.90 Å². The van der Waals surface area contributed by atoms with Gasteiger partial charge in [0, 0.05) is 6.54 Å². The topological polar surface area (TPSA) is 84.6 Å². The Morgan fingerprint density at radius 1 is 1.29 bits per heavy atom. The van der Waals surface area contributed by atoms with Crippen LogP contribution in [-0.2, 0) is 9.59 Å². The normalized spacial score (nSPS) is 24.4. The Hall–Kier alpha value is -1.71. The Morgan fingerprint density at radius 3 is 2.52 bits per heavy atom. The van der Waals surface area contributed by atoms with Crippen LogP contribution in [-0.4, -0.2) is 59.5 Å². The van der Waals surface area contributed by atoms with Gasteiger partial charge in [-0.1, -0.05) is 6.42 Å². The van der Waals surface area contributed by atoms with Gasteiger partial charge >= 0.3 is 0 Å². The van der Waals surface area contributed by atoms with E-state index in [1.54, 1.807) is 6.92 Å². The molecule has 6 nitrogen and oxygen atoms in total. The summed E-state index contributed by atoms with van der Waals surface area (Å²) in [5.41, 5.74) is 0.609. The van der Waals surface area contributed by atoms with Crippen molar-refractivity contribution >= 4 is 11.8 Å². The summed E-state index contributed by atoms with van der Waals surface area (Å²) in [5, 5.41) is 18.2. The molecule has 0 aromatic carbocycles. The second-order valence-electron chi connectivity index (χ2n) is 5.60. The minimum absolute atomic E-state index is 0.0464. The molecule has 2 aliphatic rings. The van der Waals surface area contributed by atoms with E-state index in [0.717, 1.165) is 30.8 Å². The standard InChI is InChI=1S/C15H21N3O3/c1-11-12(9-16)14(20)18(7-8-19)15(21)13(11)10-17-5-3-2-4-6-17/h13,19H,2-8,10H2,1H3/t13-/m1/s1. The van der Waals surface area contributed by atoms with Crippen LogP contribution in [0.5, 0.6) is 0 Å². The number of piperidine rings is 1. The molecule has 0 aromatic rings. The lowest BCUT2D eigenvalue weighted by molar-refractivity contribution is -0.146. The zero-order valence-corrected chi connectivity index (χ0v) is 12.3. The lowest BCUT2D eigenvalue weighted by Crippen LogP contribution is -2.50. The monoisotopic (exact) mass is 291 g/mol. The van der Waals surface area contributed by atoms with Crippen molar-refractivity contribution in [2.75, 3.05) is 32.8 Å². The SMILES string of the molecule is CC1=C(C#N)C(=O)N(CCO)C(=O)[C@@H]1CN1CCCCC1. The highest BCUT2D eigenvalue weighted by molar-refractivity contribution is 6.11. The van der Waals surface area contributed by atoms with Crippen LogP contribution < -0.4 is 0 Å². The number of hydrogen-bond donors (Lipinski definition) is 1. The number of aliphatic hydroxyl groups excluding tert-OH is 1. The zero-order valence-electron chi connectivity index (χ0n) is 12.3. The van der Waals surface area contributed by atoms with E-state index in [4.69, 9.17) is 5.11 Å². The molecule has 21 heavy (non-hydrogen) atoms. The van der Waals surface area contributed by atoms with Gasteiger partial charge in [-0.05, 0) is 38.4 Å². The van der Waals surface area contributed by atoms with Gasteiger partial charge in [0.15, 0.2) is 0 Å². The molecule has 2 heterocycles. The smallest absolute Gasteiger partial charge is 0.271 e. The first-order valence-corrected chi connectivity index (χ1v) is 7.40. The van der Waals surface area contributed by atoms with Crippen molar-refractivity contribution in [3.63, 3.8) is 0 Å². The summed E-state index contributed by atoms with van der Waals surface area (Å²) in [6.07, 6.45) is 3.45. The van der Waals surface area contributed by atoms with Crippen LogP contribution >= 0.6 is 0 Å². The largest absolute Gasteiger partial charge is 0.395 e. The van der Waals surface area contributed by atoms with Gasteiger partial charge in [0.1, 0.15) is 11.6 Å². The first-order chi connectivity index (χ1) is 10.1. The summed E-state index contributed by atoms with van der Waals surface area (Å²) in [6, 6.07) is 1.92. The molecule has 114 valence electrons. The number of nitrogens with zero attached hydrogens (tertiary/aromatic N) is 3. The summed E-state index contributed by atoms with van der Waals surface area (Å²) in [4.78, 5) is 27.8. The number of imide groups is 1. The maximum atomic E-state index is 12.5. The van der Waals surface area contributed by atoms with E-state index in [1.807, 2.05) is 6.07 Å². The number of aliphatic hydroxyl groups is 1. The molecule has 6 heteroatoms. The fourth-order valence-electron chi connectivity index (χ4n) is 3.01. The fraction of sp³-hybridized carbons (Fsp3) is 0.667. The van der Waals surface area contributed by atoms with Gasteiger partial charge in [0.25, 0.3) is 5.91 Å². The van der Waals surface area contributed by atoms with Gasteiger partial charge < -0.3 is 10.0 Å². The van der Waals surface area contributed by atoms with Gasteiger partial charge in [0.05, 0.1) is 19.1 Å². The van der Waals surface area contributed by atoms with Gasteiger partial charge in [-0.25, -0.2) is 0 Å². The number of likely N-dealkylation sites (tertiary alicyclic amines) is 1. The van der Waals surface area contributed by atoms with Crippen molar-refractivity contribution in [1.29, 1.82) is 5.26 Å². The van der Waals surface area contributed by atoms with Crippen molar-refractivity contribution in [1.82, 2.24) is 9.80 Å². The van der Waals surface area contributed by atoms with Crippen LogP contribution in [0, 0.1) is 17.2 Å². The maximum absolute atomic E-state index is 12.5. The van der Waals surface area contributed by atoms with Crippen LogP contribution in [0.2, 0.25) is 0 Å². The van der Waals surface area contributed by atoms with E-state index in [0.29, 0.717) is 12.1 Å². The van der Waals surface area contributed by atoms with Gasteiger partial charge in [-0.15, -0.1) is 0 Å². The van der Waals surface area contributed by atoms with E-state index >= 15 is 0 Å². The third kappa shape index (κ3) is 3.14. The molecule has 1 fully saturated rings. The van der Waals surface area contributed by atoms with Crippen LogP contribution in [0.1, 0.15) is 26.2 Å². The van der Waals surface area contributed by atoms with E-state index in [1.165, 1.54) is 6.42 Å². The minimum atomic E-state index is -0.580. The van der Waals surface area contributed by atoms with Crippen molar-refractivity contribution in [2.45, 2.75) is 26.2 Å². The van der Waals surface area contributed by atoms with E-state index in [-0.39, 0.29) is 24.6 Å². The first-order valence-electron chi connectivity index (χ1n) is 7.40. The predicted octanol–water partition coefficient (Wildman–Crippen LogP) is 0.290. The summed E-state index contributed by atoms with van der Waals surface area (Å²) in [5.74, 6) is -1.33. The molecule has 0 aromatic heterocycles. The van der Waals surface area contributed by atoms with Crippen molar-refractivity contribution < 1.29 is 14.7 Å². The maximum Gasteiger partial charge on any atom is 0.271 e. The Labute approximate surface area is 124 Å². The molecule has 2 rings (SSSR count). The van der Waals surface area contributed by atoms with Crippen molar-refractivity contribution in [2.24, 2.45) is 5.92 Å². The van der Waals surface area contributed by atoms with Crippen LogP contribution in [0.3, 0.4) is 0 Å². The van der Waals surface area contributed by atoms with Crippen LogP contribution in [0.25, 0.3) is 0 Å². The number of hydrogen-bond acceptors (Lipinski definition) is 5. The summed E-state index contributed by atoms with van der Waals surface area (Å²) in [6.45, 7) is 3.81. The van der Waals surface area contributed by atoms with Gasteiger partial charge in [0.2, 0.25) is 5.91 Å². The molecule has 0 unspecified atom stereocenters. The first kappa shape index (κ1) is 15.7. The molecule has 1 atom stereocenters. The van der Waals surface area contributed by atoms with E-state index in [9.17, 15) is 14.9 Å². The Bertz CT molecular complexity index is 501. The Morgan fingerprint density at radius 2 is 1.95 bits per heavy atom. The Kier molecular flexibility index (Phi) is 5.10. The molecule has 1 N–H and O–H groups in total. The van der Waals surface area contributed by atoms with Gasteiger partial charge in [-0.2, -0.15) is 5.26 Å². The summed E-state index contributed by atoms with van der Waals surface area (Å²) in [7, 11) is 0. The number of β-amino-alcohol motifs (C(OH)–C–C–N with tert-alkyl or cyclic N) is 1. The number of rotatable bonds is 4. The Balaban J connectivity index is 2.24. The lowest BCUT2D eigenvalue weighted by Gasteiger charge is -2.35. The molecular weight excluding hydrogens is 270 g/mol. The average Bonchev–Trinajstić information content (AvgIpc) is 2.50. The van der Waals surface area contributed by atoms with E-state index < -0.39 is 11.8 Å². The molecule has 2 amide bonds. The molecular formula is C15H21N3O3. The molecule has 0 radical (unpaired) electrons. The molecule has 0 spiro atoms. The second kappa shape index (κ2) is 6.83. The lowest BCUT2D eigenvalue weighted by atomic mass is 9.89. The number of carbonyl (C=O) groups is 2. The highest BCUT2D eigenvalue weighted by Gasteiger charge is 2.39. The molecule has 0 bridgehead atoms. The quantitative estimate of drug-likeness (QED) is 0.753. The fourth-order valence-corrected chi connectivity index (χ4v) is 3.01. The second-order valence-corrected chi connectivity index (χ2v) is 5.60. The van der Waals surface area contributed by atoms with Crippen molar-refractivity contribution in [3.05, 3.63) is 11.1 Å². The highest BCUT2D eigenvalue weighted by Crippen LogP contribution is 2.27. The number of nitriles is 1. The summed E-state index contributed by atoms with van der Waals surface area (Å²) >= 11 is 0. The third-order valence-corrected chi connectivity index (χ3v) is 4.27.